The summed E-state index contributed by atoms with van der Waals surface area (Å²) in [5.74, 6) is 0. The molecule has 10 aromatic rings. The van der Waals surface area contributed by atoms with E-state index in [1.54, 1.807) is 0 Å². The Labute approximate surface area is 394 Å². The molecule has 3 aromatic heterocycles. The number of rotatable bonds is 1. The maximum atomic E-state index is 7.42. The van der Waals surface area contributed by atoms with Gasteiger partial charge in [-0.15, -0.1) is 0 Å². The van der Waals surface area contributed by atoms with Gasteiger partial charge in [0.25, 0.3) is 0 Å². The molecule has 4 nitrogen and oxygen atoms in total. The summed E-state index contributed by atoms with van der Waals surface area (Å²) in [4.78, 5) is 2.71. The van der Waals surface area contributed by atoms with Crippen LogP contribution < -0.4 is 15.7 Å². The summed E-state index contributed by atoms with van der Waals surface area (Å²) in [6, 6.07) is 42.2. The second-order valence-electron chi connectivity index (χ2n) is 24.6. The minimum atomic E-state index is -0.187. The zero-order valence-electron chi connectivity index (χ0n) is 41.0. The molecular formula is C62H59BN2O2. The second-order valence-corrected chi connectivity index (χ2v) is 24.6. The summed E-state index contributed by atoms with van der Waals surface area (Å²) in [5.41, 5.74) is 22.3. The molecule has 0 radical (unpaired) electrons. The molecule has 0 amide bonds. The van der Waals surface area contributed by atoms with Gasteiger partial charge in [0, 0.05) is 60.5 Å². The maximum Gasteiger partial charge on any atom is 0.333 e. The number of nitrogens with zero attached hydrogens (tertiary/aromatic N) is 2. The van der Waals surface area contributed by atoms with Crippen LogP contribution in [0.25, 0.3) is 82.5 Å². The van der Waals surface area contributed by atoms with Gasteiger partial charge < -0.3 is 18.2 Å². The molecule has 332 valence electrons. The summed E-state index contributed by atoms with van der Waals surface area (Å²) in [7, 11) is 0. The van der Waals surface area contributed by atoms with Crippen molar-refractivity contribution in [2.45, 2.75) is 129 Å². The van der Waals surface area contributed by atoms with Crippen LogP contribution in [0.15, 0.2) is 118 Å². The Morgan fingerprint density at radius 1 is 0.522 bits per heavy atom. The summed E-state index contributed by atoms with van der Waals surface area (Å²) >= 11 is 0. The van der Waals surface area contributed by atoms with Crippen LogP contribution in [-0.2, 0) is 27.1 Å². The SMILES string of the molecule is CC(C)(C)c1ccc(N2B3c4cc5oc6ccccc6c5cc4-n4c5cc6c(cc5c5c7c(oc8ccccc87)c(c3c54)-c3cc4c(cc32)C(C)(C)CCC4(C)C)C(C)(C)CCC6(C)C)cc1. The van der Waals surface area contributed by atoms with Crippen molar-refractivity contribution in [3.63, 3.8) is 0 Å². The quantitative estimate of drug-likeness (QED) is 0.154. The van der Waals surface area contributed by atoms with Crippen LogP contribution in [0.5, 0.6) is 0 Å². The molecule has 0 saturated heterocycles. The van der Waals surface area contributed by atoms with E-state index in [2.05, 4.69) is 195 Å². The number of para-hydroxylation sites is 2. The first-order valence-corrected chi connectivity index (χ1v) is 24.9. The average Bonchev–Trinajstić information content (AvgIpc) is 3.97. The third-order valence-corrected chi connectivity index (χ3v) is 17.6. The minimum Gasteiger partial charge on any atom is -0.456 e. The Balaban J connectivity index is 1.25. The molecule has 0 fully saturated rings. The molecule has 0 spiro atoms. The Kier molecular flexibility index (Phi) is 7.43. The normalized spacial score (nSPS) is 18.6. The topological polar surface area (TPSA) is 34.5 Å². The fourth-order valence-electron chi connectivity index (χ4n) is 13.5. The standard InChI is InChI=1S/C62H59BN2O2/c1-58(2,3)34-20-22-35(23-21-34)65-47-32-44-42(60(6,7)25-27-62(44,10)11)29-40(47)54-55-56-52(53-37-17-13-15-19-50(37)67-57(53)54)39-28-41-43(61(8,9)26-24-59(41,4)5)31-46(39)64(56)48-30-38-36-16-12-14-18-49(36)66-51(38)33-45(48)63(55)65/h12-23,28-33H,24-27H2,1-11H3. The van der Waals surface area contributed by atoms with Crippen LogP contribution in [-0.4, -0.2) is 11.4 Å². The Morgan fingerprint density at radius 3 is 1.76 bits per heavy atom. The number of fused-ring (bicyclic) bond motifs is 18. The predicted octanol–water partition coefficient (Wildman–Crippen LogP) is 15.8. The molecule has 14 rings (SSSR count). The fourth-order valence-corrected chi connectivity index (χ4v) is 13.5. The van der Waals surface area contributed by atoms with E-state index in [4.69, 9.17) is 8.83 Å². The summed E-state index contributed by atoms with van der Waals surface area (Å²) in [6.45, 7) is 26.4. The first-order chi connectivity index (χ1) is 31.8. The Hall–Kier alpha value is -6.20. The van der Waals surface area contributed by atoms with Crippen LogP contribution in [0, 0.1) is 0 Å². The van der Waals surface area contributed by atoms with Gasteiger partial charge in [-0.3, -0.25) is 0 Å². The molecule has 0 atom stereocenters. The Bertz CT molecular complexity index is 3860. The number of benzene rings is 7. The zero-order valence-corrected chi connectivity index (χ0v) is 41.0. The number of furan rings is 2. The van der Waals surface area contributed by atoms with Crippen LogP contribution in [0.2, 0.25) is 0 Å². The lowest BCUT2D eigenvalue weighted by molar-refractivity contribution is 0.332. The highest BCUT2D eigenvalue weighted by Gasteiger charge is 2.49. The van der Waals surface area contributed by atoms with Gasteiger partial charge in [-0.25, -0.2) is 0 Å². The molecular weight excluding hydrogens is 816 g/mol. The van der Waals surface area contributed by atoms with Crippen LogP contribution >= 0.6 is 0 Å². The molecule has 5 heterocycles. The van der Waals surface area contributed by atoms with Gasteiger partial charge in [0.05, 0.1) is 11.0 Å². The van der Waals surface area contributed by atoms with E-state index in [9.17, 15) is 0 Å². The van der Waals surface area contributed by atoms with Crippen molar-refractivity contribution in [1.82, 2.24) is 4.57 Å². The number of anilines is 2. The van der Waals surface area contributed by atoms with Crippen molar-refractivity contribution in [3.8, 4) is 16.8 Å². The molecule has 67 heavy (non-hydrogen) atoms. The Morgan fingerprint density at radius 2 is 1.10 bits per heavy atom. The minimum absolute atomic E-state index is 0.0112. The van der Waals surface area contributed by atoms with E-state index in [1.807, 2.05) is 0 Å². The maximum absolute atomic E-state index is 7.42. The number of hydrogen-bond donors (Lipinski definition) is 0. The molecule has 5 heteroatoms. The van der Waals surface area contributed by atoms with Gasteiger partial charge in [0.15, 0.2) is 0 Å². The third-order valence-electron chi connectivity index (χ3n) is 17.6. The highest BCUT2D eigenvalue weighted by atomic mass is 16.3. The van der Waals surface area contributed by atoms with Crippen molar-refractivity contribution in [3.05, 3.63) is 137 Å². The van der Waals surface area contributed by atoms with Crippen molar-refractivity contribution >= 4 is 94.8 Å². The van der Waals surface area contributed by atoms with Gasteiger partial charge in [-0.2, -0.15) is 0 Å². The first kappa shape index (κ1) is 39.9. The van der Waals surface area contributed by atoms with Crippen molar-refractivity contribution in [2.24, 2.45) is 0 Å². The highest BCUT2D eigenvalue weighted by Crippen LogP contribution is 2.57. The third kappa shape index (κ3) is 5.11. The van der Waals surface area contributed by atoms with E-state index in [-0.39, 0.29) is 33.9 Å². The lowest BCUT2D eigenvalue weighted by Crippen LogP contribution is -2.60. The molecule has 0 unspecified atom stereocenters. The van der Waals surface area contributed by atoms with E-state index in [1.165, 1.54) is 99.5 Å². The van der Waals surface area contributed by atoms with Gasteiger partial charge in [-0.05, 0) is 152 Å². The lowest BCUT2D eigenvalue weighted by atomic mass is 9.43. The number of aromatic nitrogens is 1. The molecule has 0 saturated carbocycles. The molecule has 4 aliphatic rings. The molecule has 7 aromatic carbocycles. The van der Waals surface area contributed by atoms with E-state index < -0.39 is 0 Å². The smallest absolute Gasteiger partial charge is 0.333 e. The van der Waals surface area contributed by atoms with Crippen LogP contribution in [0.1, 0.15) is 130 Å². The van der Waals surface area contributed by atoms with E-state index in [0.29, 0.717) is 0 Å². The van der Waals surface area contributed by atoms with Crippen LogP contribution in [0.4, 0.5) is 11.4 Å². The molecule has 2 aliphatic carbocycles. The van der Waals surface area contributed by atoms with Gasteiger partial charge in [0.2, 0.25) is 0 Å². The summed E-state index contributed by atoms with van der Waals surface area (Å²) < 4.78 is 17.0. The van der Waals surface area contributed by atoms with E-state index >= 15 is 0 Å². The number of hydrogen-bond acceptors (Lipinski definition) is 3. The second kappa shape index (κ2) is 12.5. The summed E-state index contributed by atoms with van der Waals surface area (Å²) in [5, 5.41) is 7.31. The van der Waals surface area contributed by atoms with Gasteiger partial charge in [-0.1, -0.05) is 125 Å². The predicted molar refractivity (Wildman–Crippen MR) is 284 cm³/mol. The van der Waals surface area contributed by atoms with Gasteiger partial charge in [0.1, 0.15) is 22.3 Å². The average molecular weight is 875 g/mol. The molecule has 0 N–H and O–H groups in total. The van der Waals surface area contributed by atoms with Crippen molar-refractivity contribution in [1.29, 1.82) is 0 Å². The van der Waals surface area contributed by atoms with Crippen molar-refractivity contribution < 1.29 is 8.83 Å². The fraction of sp³-hybridized carbons (Fsp3) is 0.323. The highest BCUT2D eigenvalue weighted by molar-refractivity contribution is 6.94. The first-order valence-electron chi connectivity index (χ1n) is 24.9. The monoisotopic (exact) mass is 874 g/mol. The summed E-state index contributed by atoms with van der Waals surface area (Å²) in [6.07, 6.45) is 4.60. The lowest BCUT2D eigenvalue weighted by Gasteiger charge is -2.46. The van der Waals surface area contributed by atoms with E-state index in [0.717, 1.165) is 58.8 Å². The molecule has 0 bridgehead atoms. The zero-order chi connectivity index (χ0) is 46.1. The largest absolute Gasteiger partial charge is 0.456 e. The van der Waals surface area contributed by atoms with Crippen LogP contribution in [0.3, 0.4) is 0 Å². The molecule has 2 aliphatic heterocycles. The van der Waals surface area contributed by atoms with Crippen molar-refractivity contribution in [2.75, 3.05) is 4.81 Å². The van der Waals surface area contributed by atoms with Gasteiger partial charge >= 0.3 is 6.85 Å².